The fraction of sp³-hybridized carbons (Fsp3) is 0.0667. The molecule has 1 N–H and O–H groups in total. The minimum absolute atomic E-state index is 0.00261. The van der Waals surface area contributed by atoms with Crippen LogP contribution in [0.5, 0.6) is 5.75 Å². The van der Waals surface area contributed by atoms with Gasteiger partial charge in [-0.1, -0.05) is 17.3 Å². The van der Waals surface area contributed by atoms with Gasteiger partial charge in [-0.3, -0.25) is 0 Å². The van der Waals surface area contributed by atoms with Crippen molar-refractivity contribution in [2.45, 2.75) is 5.51 Å². The molecule has 0 radical (unpaired) electrons. The van der Waals surface area contributed by atoms with Gasteiger partial charge < -0.3 is 13.8 Å². The Kier molecular flexibility index (Phi) is 4.11. The molecule has 1 heterocycles. The fourth-order valence-electron chi connectivity index (χ4n) is 2.12. The van der Waals surface area contributed by atoms with Gasteiger partial charge in [0.15, 0.2) is 5.58 Å². The van der Waals surface area contributed by atoms with Crippen LogP contribution in [0.3, 0.4) is 0 Å². The lowest BCUT2D eigenvalue weighted by molar-refractivity contribution is -0.0500. The molecule has 0 aliphatic rings. The molecule has 3 aromatic rings. The normalized spacial score (nSPS) is 12.3. The SMILES string of the molecule is O=C(O)c1ccc(-c2noc3cc(OS(=O)(=O)C(F)(F)F)ccc23)cc1. The molecule has 0 saturated carbocycles. The summed E-state index contributed by atoms with van der Waals surface area (Å²) >= 11 is 0. The Labute approximate surface area is 143 Å². The minimum Gasteiger partial charge on any atom is -0.478 e. The molecule has 0 fully saturated rings. The highest BCUT2D eigenvalue weighted by Crippen LogP contribution is 2.32. The standard InChI is InChI=1S/C15H8F3NO6S/c16-15(17,18)26(22,23)25-10-5-6-11-12(7-10)24-19-13(11)8-1-3-9(4-2-8)14(20)21/h1-7H,(H,20,21). The van der Waals surface area contributed by atoms with Gasteiger partial charge in [0.2, 0.25) is 0 Å². The van der Waals surface area contributed by atoms with Crippen molar-refractivity contribution in [2.75, 3.05) is 0 Å². The van der Waals surface area contributed by atoms with E-state index in [9.17, 15) is 26.4 Å². The van der Waals surface area contributed by atoms with Gasteiger partial charge in [-0.25, -0.2) is 4.79 Å². The Morgan fingerprint density at radius 1 is 1.12 bits per heavy atom. The average molecular weight is 387 g/mol. The molecule has 1 aromatic heterocycles. The molecule has 0 aliphatic carbocycles. The molecule has 0 atom stereocenters. The van der Waals surface area contributed by atoms with Crippen molar-refractivity contribution in [3.8, 4) is 17.0 Å². The first-order chi connectivity index (χ1) is 12.1. The maximum absolute atomic E-state index is 12.4. The molecule has 11 heteroatoms. The van der Waals surface area contributed by atoms with Crippen molar-refractivity contribution in [3.63, 3.8) is 0 Å². The molecule has 0 spiro atoms. The van der Waals surface area contributed by atoms with Crippen molar-refractivity contribution in [2.24, 2.45) is 0 Å². The molecule has 0 saturated heterocycles. The monoisotopic (exact) mass is 387 g/mol. The molecular formula is C15H8F3NO6S. The van der Waals surface area contributed by atoms with E-state index in [0.29, 0.717) is 16.6 Å². The zero-order chi connectivity index (χ0) is 19.1. The van der Waals surface area contributed by atoms with E-state index >= 15 is 0 Å². The third kappa shape index (κ3) is 3.20. The molecule has 0 aliphatic heterocycles. The van der Waals surface area contributed by atoms with E-state index in [1.807, 2.05) is 0 Å². The molecule has 26 heavy (non-hydrogen) atoms. The lowest BCUT2D eigenvalue weighted by Crippen LogP contribution is -2.28. The Balaban J connectivity index is 1.96. The third-order valence-electron chi connectivity index (χ3n) is 3.34. The number of aromatic carboxylic acids is 1. The molecule has 136 valence electrons. The van der Waals surface area contributed by atoms with Crippen LogP contribution in [0.4, 0.5) is 13.2 Å². The van der Waals surface area contributed by atoms with Crippen molar-refractivity contribution >= 4 is 27.1 Å². The van der Waals surface area contributed by atoms with Crippen LogP contribution in [0.1, 0.15) is 10.4 Å². The van der Waals surface area contributed by atoms with Crippen LogP contribution in [-0.4, -0.2) is 30.2 Å². The second-order valence-electron chi connectivity index (χ2n) is 5.05. The fourth-order valence-corrected chi connectivity index (χ4v) is 2.57. The molecule has 0 bridgehead atoms. The van der Waals surface area contributed by atoms with Gasteiger partial charge in [0, 0.05) is 17.0 Å². The molecular weight excluding hydrogens is 379 g/mol. The number of alkyl halides is 3. The number of carbonyl (C=O) groups is 1. The average Bonchev–Trinajstić information content (AvgIpc) is 2.96. The first kappa shape index (κ1) is 17.7. The number of aromatic nitrogens is 1. The topological polar surface area (TPSA) is 107 Å². The van der Waals surface area contributed by atoms with E-state index < -0.39 is 27.3 Å². The van der Waals surface area contributed by atoms with Gasteiger partial charge in [-0.05, 0) is 24.3 Å². The molecule has 3 rings (SSSR count). The number of hydrogen-bond acceptors (Lipinski definition) is 6. The van der Waals surface area contributed by atoms with Gasteiger partial charge in [-0.15, -0.1) is 0 Å². The smallest absolute Gasteiger partial charge is 0.478 e. The number of rotatable bonds is 4. The largest absolute Gasteiger partial charge is 0.534 e. The maximum atomic E-state index is 12.4. The Morgan fingerprint density at radius 2 is 1.77 bits per heavy atom. The van der Waals surface area contributed by atoms with Crippen molar-refractivity contribution in [1.82, 2.24) is 5.16 Å². The summed E-state index contributed by atoms with van der Waals surface area (Å²) in [5, 5.41) is 13.0. The zero-order valence-electron chi connectivity index (χ0n) is 12.5. The highest BCUT2D eigenvalue weighted by molar-refractivity contribution is 7.88. The van der Waals surface area contributed by atoms with E-state index in [1.165, 1.54) is 30.3 Å². The van der Waals surface area contributed by atoms with Crippen molar-refractivity contribution in [1.29, 1.82) is 0 Å². The van der Waals surface area contributed by atoms with E-state index in [2.05, 4.69) is 9.34 Å². The van der Waals surface area contributed by atoms with Crippen LogP contribution in [0, 0.1) is 0 Å². The molecule has 2 aromatic carbocycles. The number of halogens is 3. The molecule has 7 nitrogen and oxygen atoms in total. The van der Waals surface area contributed by atoms with E-state index in [4.69, 9.17) is 9.63 Å². The number of carboxylic acids is 1. The van der Waals surface area contributed by atoms with Gasteiger partial charge >= 0.3 is 21.6 Å². The predicted molar refractivity (Wildman–Crippen MR) is 82.0 cm³/mol. The Hall–Kier alpha value is -3.08. The van der Waals surface area contributed by atoms with Crippen LogP contribution >= 0.6 is 0 Å². The molecule has 0 amide bonds. The number of hydrogen-bond donors (Lipinski definition) is 1. The van der Waals surface area contributed by atoms with Gasteiger partial charge in [0.25, 0.3) is 0 Å². The first-order valence-corrected chi connectivity index (χ1v) is 8.23. The summed E-state index contributed by atoms with van der Waals surface area (Å²) in [5.74, 6) is -1.69. The number of benzene rings is 2. The van der Waals surface area contributed by atoms with Crippen LogP contribution in [0.15, 0.2) is 47.0 Å². The quantitative estimate of drug-likeness (QED) is 0.540. The van der Waals surface area contributed by atoms with E-state index in [1.54, 1.807) is 0 Å². The second kappa shape index (κ2) is 6.02. The lowest BCUT2D eigenvalue weighted by atomic mass is 10.1. The number of fused-ring (bicyclic) bond motifs is 1. The van der Waals surface area contributed by atoms with Crippen LogP contribution in [0.25, 0.3) is 22.2 Å². The third-order valence-corrected chi connectivity index (χ3v) is 4.32. The Bertz CT molecular complexity index is 1090. The highest BCUT2D eigenvalue weighted by Gasteiger charge is 2.48. The van der Waals surface area contributed by atoms with E-state index in [-0.39, 0.29) is 11.1 Å². The summed E-state index contributed by atoms with van der Waals surface area (Å²) in [4.78, 5) is 10.9. The van der Waals surface area contributed by atoms with Gasteiger partial charge in [-0.2, -0.15) is 21.6 Å². The summed E-state index contributed by atoms with van der Waals surface area (Å²) in [5.41, 5.74) is -4.68. The van der Waals surface area contributed by atoms with Crippen molar-refractivity contribution < 1.29 is 40.2 Å². The number of carboxylic acid groups (broad SMARTS) is 1. The minimum atomic E-state index is -5.80. The first-order valence-electron chi connectivity index (χ1n) is 6.82. The summed E-state index contributed by atoms with van der Waals surface area (Å²) in [6, 6.07) is 8.95. The lowest BCUT2D eigenvalue weighted by Gasteiger charge is -2.08. The second-order valence-corrected chi connectivity index (χ2v) is 6.59. The van der Waals surface area contributed by atoms with Crippen LogP contribution in [0.2, 0.25) is 0 Å². The van der Waals surface area contributed by atoms with Crippen molar-refractivity contribution in [3.05, 3.63) is 48.0 Å². The maximum Gasteiger partial charge on any atom is 0.534 e. The van der Waals surface area contributed by atoms with Crippen LogP contribution < -0.4 is 4.18 Å². The Morgan fingerprint density at radius 3 is 2.35 bits per heavy atom. The zero-order valence-corrected chi connectivity index (χ0v) is 13.3. The molecule has 0 unspecified atom stereocenters. The number of nitrogens with zero attached hydrogens (tertiary/aromatic N) is 1. The summed E-state index contributed by atoms with van der Waals surface area (Å²) in [6.07, 6.45) is 0. The predicted octanol–water partition coefficient (Wildman–Crippen LogP) is 3.42. The van der Waals surface area contributed by atoms with E-state index in [0.717, 1.165) is 12.1 Å². The van der Waals surface area contributed by atoms with Gasteiger partial charge in [0.05, 0.1) is 5.56 Å². The summed E-state index contributed by atoms with van der Waals surface area (Å²) in [7, 11) is -5.80. The summed E-state index contributed by atoms with van der Waals surface area (Å²) < 4.78 is 68.2. The summed E-state index contributed by atoms with van der Waals surface area (Å²) in [6.45, 7) is 0. The highest BCUT2D eigenvalue weighted by atomic mass is 32.2. The van der Waals surface area contributed by atoms with Crippen LogP contribution in [-0.2, 0) is 10.1 Å². The van der Waals surface area contributed by atoms with Gasteiger partial charge in [0.1, 0.15) is 11.4 Å².